The number of ether oxygens (including phenoxy) is 2. The zero-order chi connectivity index (χ0) is 21.7. The van der Waals surface area contributed by atoms with Crippen molar-refractivity contribution in [1.29, 1.82) is 0 Å². The van der Waals surface area contributed by atoms with E-state index in [0.717, 1.165) is 0 Å². The van der Waals surface area contributed by atoms with Gasteiger partial charge >= 0.3 is 0 Å². The number of rotatable bonds is 8. The number of carbonyl (C=O) groups is 1. The predicted molar refractivity (Wildman–Crippen MR) is 109 cm³/mol. The van der Waals surface area contributed by atoms with Gasteiger partial charge in [-0.05, 0) is 31.0 Å². The van der Waals surface area contributed by atoms with E-state index in [4.69, 9.17) is 21.1 Å². The van der Waals surface area contributed by atoms with Gasteiger partial charge in [-0.3, -0.25) is 4.79 Å². The first-order valence-electron chi connectivity index (χ1n) is 9.39. The number of hydrogen-bond acceptors (Lipinski definition) is 7. The summed E-state index contributed by atoms with van der Waals surface area (Å²) in [5, 5.41) is 10.9. The van der Waals surface area contributed by atoms with E-state index in [1.807, 2.05) is 0 Å². The van der Waals surface area contributed by atoms with Gasteiger partial charge in [-0.15, -0.1) is 5.10 Å². The van der Waals surface area contributed by atoms with Crippen molar-refractivity contribution in [2.75, 3.05) is 40.5 Å². The summed E-state index contributed by atoms with van der Waals surface area (Å²) in [5.41, 5.74) is 0.169. The third-order valence-corrected chi connectivity index (χ3v) is 6.93. The molecule has 1 aromatic carbocycles. The van der Waals surface area contributed by atoms with Gasteiger partial charge in [0.2, 0.25) is 10.0 Å². The van der Waals surface area contributed by atoms with Crippen LogP contribution in [0.4, 0.5) is 0 Å². The van der Waals surface area contributed by atoms with Crippen LogP contribution in [0.1, 0.15) is 29.4 Å². The van der Waals surface area contributed by atoms with Gasteiger partial charge in [0.05, 0.1) is 26.0 Å². The lowest BCUT2D eigenvalue weighted by atomic mass is 10.1. The molecule has 1 atom stereocenters. The molecular formula is C18H24ClN5O5S. The summed E-state index contributed by atoms with van der Waals surface area (Å²) in [6.07, 6.45) is 2.89. The minimum atomic E-state index is -3.82. The summed E-state index contributed by atoms with van der Waals surface area (Å²) >= 11 is 6.01. The number of piperidine rings is 1. The molecule has 1 fully saturated rings. The molecule has 10 nitrogen and oxygen atoms in total. The fraction of sp³-hybridized carbons (Fsp3) is 0.500. The highest BCUT2D eigenvalue weighted by Gasteiger charge is 2.33. The summed E-state index contributed by atoms with van der Waals surface area (Å²) in [4.78, 5) is 12.1. The van der Waals surface area contributed by atoms with Gasteiger partial charge in [0.25, 0.3) is 5.91 Å². The number of benzene rings is 1. The molecule has 0 bridgehead atoms. The van der Waals surface area contributed by atoms with Gasteiger partial charge in [-0.1, -0.05) is 16.8 Å². The van der Waals surface area contributed by atoms with Crippen LogP contribution < -0.4 is 10.1 Å². The molecule has 1 aliphatic heterocycles. The zero-order valence-corrected chi connectivity index (χ0v) is 18.3. The first kappa shape index (κ1) is 22.5. The Balaban J connectivity index is 1.76. The van der Waals surface area contributed by atoms with E-state index in [-0.39, 0.29) is 34.8 Å². The molecule has 3 rings (SSSR count). The highest BCUT2D eigenvalue weighted by Crippen LogP contribution is 2.32. The molecule has 1 aromatic heterocycles. The number of amides is 1. The molecule has 2 heterocycles. The number of nitrogens with one attached hydrogen (secondary N) is 1. The maximum Gasteiger partial charge on any atom is 0.273 e. The highest BCUT2D eigenvalue weighted by molar-refractivity contribution is 7.89. The van der Waals surface area contributed by atoms with E-state index in [2.05, 4.69) is 15.6 Å². The van der Waals surface area contributed by atoms with Crippen LogP contribution in [0.2, 0.25) is 5.02 Å². The van der Waals surface area contributed by atoms with E-state index in [1.54, 1.807) is 17.9 Å². The SMILES string of the molecule is COCCNC(=O)c1cn([C@H]2CCCN(S(=O)(=O)c3cc(Cl)ccc3OC)C2)nn1. The summed E-state index contributed by atoms with van der Waals surface area (Å²) < 4.78 is 39.5. The minimum Gasteiger partial charge on any atom is -0.495 e. The minimum absolute atomic E-state index is 0.0231. The van der Waals surface area contributed by atoms with Crippen molar-refractivity contribution in [2.45, 2.75) is 23.8 Å². The van der Waals surface area contributed by atoms with E-state index in [0.29, 0.717) is 37.6 Å². The topological polar surface area (TPSA) is 116 Å². The Hall–Kier alpha value is -2.21. The summed E-state index contributed by atoms with van der Waals surface area (Å²) in [5.74, 6) is -0.125. The van der Waals surface area contributed by atoms with Gasteiger partial charge in [-0.25, -0.2) is 13.1 Å². The number of nitrogens with zero attached hydrogens (tertiary/aromatic N) is 4. The van der Waals surface area contributed by atoms with Crippen LogP contribution >= 0.6 is 11.6 Å². The smallest absolute Gasteiger partial charge is 0.273 e. The molecule has 0 unspecified atom stereocenters. The van der Waals surface area contributed by atoms with Crippen molar-refractivity contribution in [3.8, 4) is 5.75 Å². The molecule has 1 saturated heterocycles. The number of methoxy groups -OCH3 is 2. The van der Waals surface area contributed by atoms with Crippen molar-refractivity contribution < 1.29 is 22.7 Å². The lowest BCUT2D eigenvalue weighted by Crippen LogP contribution is -2.41. The van der Waals surface area contributed by atoms with E-state index in [1.165, 1.54) is 29.7 Å². The maximum absolute atomic E-state index is 13.2. The van der Waals surface area contributed by atoms with Crippen LogP contribution in [0.15, 0.2) is 29.3 Å². The van der Waals surface area contributed by atoms with Crippen molar-refractivity contribution in [3.63, 3.8) is 0 Å². The van der Waals surface area contributed by atoms with Crippen LogP contribution in [0.3, 0.4) is 0 Å². The molecule has 0 aliphatic carbocycles. The summed E-state index contributed by atoms with van der Waals surface area (Å²) in [7, 11) is -0.865. The highest BCUT2D eigenvalue weighted by atomic mass is 35.5. The molecule has 0 saturated carbocycles. The average molecular weight is 458 g/mol. The van der Waals surface area contributed by atoms with Gasteiger partial charge < -0.3 is 14.8 Å². The molecule has 30 heavy (non-hydrogen) atoms. The Bertz CT molecular complexity index is 997. The number of halogens is 1. The normalized spacial score (nSPS) is 17.6. The van der Waals surface area contributed by atoms with Gasteiger partial charge in [0, 0.05) is 31.8 Å². The zero-order valence-electron chi connectivity index (χ0n) is 16.7. The fourth-order valence-electron chi connectivity index (χ4n) is 3.26. The molecule has 164 valence electrons. The van der Waals surface area contributed by atoms with Crippen LogP contribution in [0.5, 0.6) is 5.75 Å². The molecule has 1 aliphatic rings. The standard InChI is InChI=1S/C18H24ClN5O5S/c1-28-9-7-20-18(25)15-12-24(22-21-15)14-4-3-8-23(11-14)30(26,27)17-10-13(19)5-6-16(17)29-2/h5-6,10,12,14H,3-4,7-9,11H2,1-2H3,(H,20,25)/t14-/m0/s1. The second-order valence-electron chi connectivity index (χ2n) is 6.79. The van der Waals surface area contributed by atoms with Gasteiger partial charge in [-0.2, -0.15) is 4.31 Å². The molecule has 12 heteroatoms. The average Bonchev–Trinajstić information content (AvgIpc) is 3.24. The first-order chi connectivity index (χ1) is 14.4. The van der Waals surface area contributed by atoms with Gasteiger partial charge in [0.1, 0.15) is 10.6 Å². The Morgan fingerprint density at radius 1 is 1.37 bits per heavy atom. The maximum atomic E-state index is 13.2. The Labute approximate surface area is 180 Å². The Kier molecular flexibility index (Phi) is 7.29. The van der Waals surface area contributed by atoms with Crippen molar-refractivity contribution in [3.05, 3.63) is 35.1 Å². The molecular weight excluding hydrogens is 434 g/mol. The third-order valence-electron chi connectivity index (χ3n) is 4.81. The molecule has 1 amide bonds. The number of hydrogen-bond donors (Lipinski definition) is 1. The number of aromatic nitrogens is 3. The first-order valence-corrected chi connectivity index (χ1v) is 11.2. The molecule has 1 N–H and O–H groups in total. The number of sulfonamides is 1. The van der Waals surface area contributed by atoms with Gasteiger partial charge in [0.15, 0.2) is 5.69 Å². The van der Waals surface area contributed by atoms with E-state index in [9.17, 15) is 13.2 Å². The Morgan fingerprint density at radius 2 is 2.17 bits per heavy atom. The number of carbonyl (C=O) groups excluding carboxylic acids is 1. The molecule has 0 radical (unpaired) electrons. The van der Waals surface area contributed by atoms with Crippen LogP contribution in [0.25, 0.3) is 0 Å². The third kappa shape index (κ3) is 4.91. The summed E-state index contributed by atoms with van der Waals surface area (Å²) in [6.45, 7) is 1.32. The monoisotopic (exact) mass is 457 g/mol. The lowest BCUT2D eigenvalue weighted by Gasteiger charge is -2.32. The second kappa shape index (κ2) is 9.73. The second-order valence-corrected chi connectivity index (χ2v) is 9.13. The van der Waals surface area contributed by atoms with Crippen LogP contribution in [0, 0.1) is 0 Å². The van der Waals surface area contributed by atoms with Crippen molar-refractivity contribution in [2.24, 2.45) is 0 Å². The van der Waals surface area contributed by atoms with Crippen molar-refractivity contribution in [1.82, 2.24) is 24.6 Å². The molecule has 0 spiro atoms. The fourth-order valence-corrected chi connectivity index (χ4v) is 5.20. The molecule has 2 aromatic rings. The van der Waals surface area contributed by atoms with Crippen molar-refractivity contribution >= 4 is 27.5 Å². The quantitative estimate of drug-likeness (QED) is 0.594. The van der Waals surface area contributed by atoms with E-state index < -0.39 is 10.0 Å². The van der Waals surface area contributed by atoms with E-state index >= 15 is 0 Å². The Morgan fingerprint density at radius 3 is 2.90 bits per heavy atom. The lowest BCUT2D eigenvalue weighted by molar-refractivity contribution is 0.0932. The predicted octanol–water partition coefficient (Wildman–Crippen LogP) is 1.34. The summed E-state index contributed by atoms with van der Waals surface area (Å²) in [6, 6.07) is 4.25. The van der Waals surface area contributed by atoms with Crippen LogP contribution in [-0.4, -0.2) is 74.1 Å². The largest absolute Gasteiger partial charge is 0.495 e. The van der Waals surface area contributed by atoms with Crippen LogP contribution in [-0.2, 0) is 14.8 Å².